The second-order valence-corrected chi connectivity index (χ2v) is 3.98. The highest BCUT2D eigenvalue weighted by Crippen LogP contribution is 2.17. The van der Waals surface area contributed by atoms with Gasteiger partial charge in [-0.1, -0.05) is 0 Å². The van der Waals surface area contributed by atoms with Gasteiger partial charge in [0.25, 0.3) is 4.73 Å². The van der Waals surface area contributed by atoms with Crippen molar-refractivity contribution in [3.8, 4) is 0 Å². The molecule has 0 aliphatic carbocycles. The van der Waals surface area contributed by atoms with E-state index in [1.54, 1.807) is 4.57 Å². The smallest absolute Gasteiger partial charge is 0.382 e. The lowest BCUT2D eigenvalue weighted by atomic mass is 10.2. The summed E-state index contributed by atoms with van der Waals surface area (Å²) in [5.41, 5.74) is 0. The summed E-state index contributed by atoms with van der Waals surface area (Å²) in [6.45, 7) is 0.328. The zero-order valence-electron chi connectivity index (χ0n) is 8.41. The first-order valence-corrected chi connectivity index (χ1v) is 5.50. The molecule has 90 valence electrons. The molecule has 0 saturated heterocycles. The van der Waals surface area contributed by atoms with Crippen LogP contribution in [-0.2, 0) is 6.54 Å². The van der Waals surface area contributed by atoms with Gasteiger partial charge in [0.15, 0.2) is 0 Å². The van der Waals surface area contributed by atoms with Crippen LogP contribution in [0.2, 0.25) is 0 Å². The monoisotopic (exact) mass is 293 g/mol. The van der Waals surface area contributed by atoms with E-state index in [0.717, 1.165) is 0 Å². The SMILES string of the molecule is O=[N+]([O-])c1cn(CC[C@H](O)CCO)c(Br)n1. The van der Waals surface area contributed by atoms with Gasteiger partial charge in [-0.25, -0.2) is 0 Å². The summed E-state index contributed by atoms with van der Waals surface area (Å²) in [6, 6.07) is 0. The van der Waals surface area contributed by atoms with E-state index in [0.29, 0.717) is 24.1 Å². The third-order valence-corrected chi connectivity index (χ3v) is 2.70. The van der Waals surface area contributed by atoms with Gasteiger partial charge in [0.1, 0.15) is 6.20 Å². The number of aromatic nitrogens is 2. The molecular weight excluding hydrogens is 282 g/mol. The molecule has 16 heavy (non-hydrogen) atoms. The molecule has 0 radical (unpaired) electrons. The predicted molar refractivity (Wildman–Crippen MR) is 58.9 cm³/mol. The minimum atomic E-state index is -0.613. The van der Waals surface area contributed by atoms with Gasteiger partial charge in [-0.3, -0.25) is 4.57 Å². The average Bonchev–Trinajstić information content (AvgIpc) is 2.58. The fraction of sp³-hybridized carbons (Fsp3) is 0.625. The summed E-state index contributed by atoms with van der Waals surface area (Å²) in [5.74, 6) is -0.233. The van der Waals surface area contributed by atoms with E-state index in [-0.39, 0.29) is 12.4 Å². The Hall–Kier alpha value is -0.990. The maximum Gasteiger partial charge on any atom is 0.382 e. The molecule has 0 aliphatic rings. The molecule has 0 bridgehead atoms. The number of halogens is 1. The lowest BCUT2D eigenvalue weighted by Gasteiger charge is -2.08. The van der Waals surface area contributed by atoms with Crippen molar-refractivity contribution in [2.24, 2.45) is 0 Å². The third-order valence-electron chi connectivity index (χ3n) is 2.07. The minimum Gasteiger partial charge on any atom is -0.396 e. The number of aliphatic hydroxyl groups excluding tert-OH is 2. The van der Waals surface area contributed by atoms with Crippen LogP contribution >= 0.6 is 15.9 Å². The molecule has 1 heterocycles. The van der Waals surface area contributed by atoms with Crippen LogP contribution in [0.15, 0.2) is 10.9 Å². The third kappa shape index (κ3) is 3.54. The van der Waals surface area contributed by atoms with Crippen molar-refractivity contribution in [1.82, 2.24) is 9.55 Å². The molecule has 7 nitrogen and oxygen atoms in total. The number of hydrogen-bond donors (Lipinski definition) is 2. The number of rotatable bonds is 6. The van der Waals surface area contributed by atoms with Crippen LogP contribution in [0.3, 0.4) is 0 Å². The van der Waals surface area contributed by atoms with E-state index < -0.39 is 11.0 Å². The van der Waals surface area contributed by atoms with Gasteiger partial charge in [0, 0.05) is 29.1 Å². The second-order valence-electron chi connectivity index (χ2n) is 3.27. The van der Waals surface area contributed by atoms with Crippen LogP contribution < -0.4 is 0 Å². The highest BCUT2D eigenvalue weighted by atomic mass is 79.9. The Morgan fingerprint density at radius 3 is 2.81 bits per heavy atom. The van der Waals surface area contributed by atoms with Gasteiger partial charge in [0.05, 0.1) is 6.10 Å². The summed E-state index contributed by atoms with van der Waals surface area (Å²) in [6.07, 6.45) is 1.40. The van der Waals surface area contributed by atoms with Crippen molar-refractivity contribution in [3.63, 3.8) is 0 Å². The van der Waals surface area contributed by atoms with Crippen LogP contribution in [0.25, 0.3) is 0 Å². The van der Waals surface area contributed by atoms with Crippen molar-refractivity contribution in [2.75, 3.05) is 6.61 Å². The molecule has 8 heteroatoms. The Labute approximate surface area is 100 Å². The zero-order chi connectivity index (χ0) is 12.1. The second kappa shape index (κ2) is 5.92. The van der Waals surface area contributed by atoms with Crippen molar-refractivity contribution in [3.05, 3.63) is 21.0 Å². The summed E-state index contributed by atoms with van der Waals surface area (Å²) < 4.78 is 1.90. The standard InChI is InChI=1S/C8H12BrN3O4/c9-8-10-7(12(15)16)5-11(8)3-1-6(14)2-4-13/h5-6,13-14H,1-4H2/t6-/m0/s1. The van der Waals surface area contributed by atoms with Crippen LogP contribution in [0.4, 0.5) is 5.82 Å². The predicted octanol–water partition coefficient (Wildman–Crippen LogP) is 0.687. The van der Waals surface area contributed by atoms with E-state index >= 15 is 0 Å². The quantitative estimate of drug-likeness (QED) is 0.593. The molecule has 0 unspecified atom stereocenters. The highest BCUT2D eigenvalue weighted by Gasteiger charge is 2.16. The number of imidazole rings is 1. The molecule has 1 aromatic rings. The first kappa shape index (κ1) is 13.1. The zero-order valence-corrected chi connectivity index (χ0v) is 10.00. The van der Waals surface area contributed by atoms with Gasteiger partial charge >= 0.3 is 5.82 Å². The molecule has 0 saturated carbocycles. The first-order valence-electron chi connectivity index (χ1n) is 4.70. The fourth-order valence-corrected chi connectivity index (χ4v) is 1.67. The molecule has 0 fully saturated rings. The molecule has 0 aliphatic heterocycles. The van der Waals surface area contributed by atoms with Gasteiger partial charge in [0.2, 0.25) is 0 Å². The topological polar surface area (TPSA) is 101 Å². The molecule has 1 aromatic heterocycles. The molecular formula is C8H12BrN3O4. The number of nitro groups is 1. The van der Waals surface area contributed by atoms with Crippen LogP contribution in [0.5, 0.6) is 0 Å². The summed E-state index contributed by atoms with van der Waals surface area (Å²) >= 11 is 3.09. The Bertz CT molecular complexity index is 368. The normalized spacial score (nSPS) is 12.7. The summed E-state index contributed by atoms with van der Waals surface area (Å²) in [5, 5.41) is 28.4. The van der Waals surface area contributed by atoms with Crippen molar-refractivity contribution in [1.29, 1.82) is 0 Å². The Balaban J connectivity index is 2.57. The summed E-state index contributed by atoms with van der Waals surface area (Å²) in [7, 11) is 0. The summed E-state index contributed by atoms with van der Waals surface area (Å²) in [4.78, 5) is 13.5. The lowest BCUT2D eigenvalue weighted by Crippen LogP contribution is -2.12. The number of aliphatic hydroxyl groups is 2. The van der Waals surface area contributed by atoms with Crippen LogP contribution in [0.1, 0.15) is 12.8 Å². The van der Waals surface area contributed by atoms with E-state index in [4.69, 9.17) is 5.11 Å². The van der Waals surface area contributed by atoms with Crippen LogP contribution in [0, 0.1) is 10.1 Å². The van der Waals surface area contributed by atoms with E-state index in [9.17, 15) is 15.2 Å². The minimum absolute atomic E-state index is 0.0770. The van der Waals surface area contributed by atoms with Crippen molar-refractivity contribution < 1.29 is 15.1 Å². The first-order chi connectivity index (χ1) is 7.54. The lowest BCUT2D eigenvalue weighted by molar-refractivity contribution is -0.389. The molecule has 0 spiro atoms. The van der Waals surface area contributed by atoms with Gasteiger partial charge < -0.3 is 20.3 Å². The van der Waals surface area contributed by atoms with Gasteiger partial charge in [-0.05, 0) is 22.7 Å². The van der Waals surface area contributed by atoms with Crippen molar-refractivity contribution >= 4 is 21.7 Å². The van der Waals surface area contributed by atoms with Gasteiger partial charge in [-0.15, -0.1) is 0 Å². The molecule has 0 amide bonds. The highest BCUT2D eigenvalue weighted by molar-refractivity contribution is 9.10. The molecule has 1 atom stereocenters. The largest absolute Gasteiger partial charge is 0.396 e. The fourth-order valence-electron chi connectivity index (χ4n) is 1.21. The number of aryl methyl sites for hydroxylation is 1. The average molecular weight is 294 g/mol. The Morgan fingerprint density at radius 2 is 2.31 bits per heavy atom. The molecule has 1 rings (SSSR count). The Morgan fingerprint density at radius 1 is 1.62 bits per heavy atom. The Kier molecular flexibility index (Phi) is 4.84. The number of hydrogen-bond acceptors (Lipinski definition) is 5. The maximum absolute atomic E-state index is 10.4. The molecule has 0 aromatic carbocycles. The maximum atomic E-state index is 10.4. The van der Waals surface area contributed by atoms with E-state index in [1.165, 1.54) is 6.20 Å². The van der Waals surface area contributed by atoms with E-state index in [2.05, 4.69) is 20.9 Å². The van der Waals surface area contributed by atoms with Crippen LogP contribution in [-0.4, -0.2) is 37.4 Å². The number of nitrogens with zero attached hydrogens (tertiary/aromatic N) is 3. The molecule has 2 N–H and O–H groups in total. The van der Waals surface area contributed by atoms with E-state index in [1.807, 2.05) is 0 Å². The van der Waals surface area contributed by atoms with Gasteiger partial charge in [-0.2, -0.15) is 0 Å². The van der Waals surface area contributed by atoms with Crippen molar-refractivity contribution in [2.45, 2.75) is 25.5 Å².